The maximum absolute atomic E-state index is 5.84. The molecule has 0 aliphatic heterocycles. The zero-order valence-electron chi connectivity index (χ0n) is 9.50. The Morgan fingerprint density at radius 2 is 2.25 bits per heavy atom. The van der Waals surface area contributed by atoms with E-state index >= 15 is 0 Å². The molecule has 0 bridgehead atoms. The summed E-state index contributed by atoms with van der Waals surface area (Å²) in [4.78, 5) is 0. The molecule has 0 saturated heterocycles. The lowest BCUT2D eigenvalue weighted by Gasteiger charge is -2.14. The van der Waals surface area contributed by atoms with E-state index in [2.05, 4.69) is 6.58 Å². The van der Waals surface area contributed by atoms with Crippen molar-refractivity contribution >= 4 is 11.6 Å². The van der Waals surface area contributed by atoms with Crippen LogP contribution in [0.15, 0.2) is 29.8 Å². The smallest absolute Gasteiger partial charge is 0.128 e. The minimum Gasteiger partial charge on any atom is -0.497 e. The maximum Gasteiger partial charge on any atom is 0.128 e. The molecule has 0 aromatic heterocycles. The Balaban J connectivity index is 2.95. The fourth-order valence-corrected chi connectivity index (χ4v) is 1.35. The molecular formula is C12H16ClNO2. The van der Waals surface area contributed by atoms with Crippen molar-refractivity contribution in [3.05, 3.63) is 35.4 Å². The normalized spacial score (nSPS) is 12.0. The van der Waals surface area contributed by atoms with Crippen LogP contribution in [0.2, 0.25) is 0 Å². The highest BCUT2D eigenvalue weighted by atomic mass is 35.5. The molecule has 2 N–H and O–H groups in total. The molecule has 0 heterocycles. The molecule has 3 nitrogen and oxygen atoms in total. The molecule has 88 valence electrons. The summed E-state index contributed by atoms with van der Waals surface area (Å²) < 4.78 is 10.6. The van der Waals surface area contributed by atoms with Crippen LogP contribution in [0.1, 0.15) is 18.5 Å². The van der Waals surface area contributed by atoms with Crippen LogP contribution < -0.4 is 15.2 Å². The Bertz CT molecular complexity index is 377. The Morgan fingerprint density at radius 1 is 1.56 bits per heavy atom. The number of halogens is 1. The van der Waals surface area contributed by atoms with Crippen molar-refractivity contribution in [2.75, 3.05) is 13.7 Å². The molecule has 0 unspecified atom stereocenters. The van der Waals surface area contributed by atoms with Crippen molar-refractivity contribution in [1.29, 1.82) is 0 Å². The van der Waals surface area contributed by atoms with Crippen LogP contribution in [-0.4, -0.2) is 13.7 Å². The largest absolute Gasteiger partial charge is 0.497 e. The van der Waals surface area contributed by atoms with Gasteiger partial charge in [0.1, 0.15) is 18.1 Å². The van der Waals surface area contributed by atoms with Gasteiger partial charge in [0.05, 0.1) is 7.11 Å². The van der Waals surface area contributed by atoms with Gasteiger partial charge < -0.3 is 15.2 Å². The van der Waals surface area contributed by atoms with E-state index in [9.17, 15) is 0 Å². The van der Waals surface area contributed by atoms with E-state index in [-0.39, 0.29) is 12.6 Å². The molecular weight excluding hydrogens is 226 g/mol. The topological polar surface area (TPSA) is 44.5 Å². The average Bonchev–Trinajstić information content (AvgIpc) is 2.25. The van der Waals surface area contributed by atoms with Crippen LogP contribution in [0.5, 0.6) is 11.5 Å². The van der Waals surface area contributed by atoms with Crippen LogP contribution in [0.4, 0.5) is 0 Å². The minimum atomic E-state index is -0.107. The lowest BCUT2D eigenvalue weighted by atomic mass is 10.1. The summed E-state index contributed by atoms with van der Waals surface area (Å²) in [6.07, 6.45) is 0. The quantitative estimate of drug-likeness (QED) is 0.862. The zero-order valence-corrected chi connectivity index (χ0v) is 10.3. The monoisotopic (exact) mass is 241 g/mol. The lowest BCUT2D eigenvalue weighted by molar-refractivity contribution is 0.348. The number of benzene rings is 1. The fourth-order valence-electron chi connectivity index (χ4n) is 1.30. The Hall–Kier alpha value is -1.19. The highest BCUT2D eigenvalue weighted by Crippen LogP contribution is 2.28. The molecule has 1 aromatic rings. The zero-order chi connectivity index (χ0) is 12.1. The second kappa shape index (κ2) is 5.77. The number of hydrogen-bond acceptors (Lipinski definition) is 3. The molecule has 0 aliphatic carbocycles. The third-order valence-electron chi connectivity index (χ3n) is 2.10. The molecule has 16 heavy (non-hydrogen) atoms. The van der Waals surface area contributed by atoms with Gasteiger partial charge in [-0.3, -0.25) is 0 Å². The molecule has 1 aromatic carbocycles. The van der Waals surface area contributed by atoms with Gasteiger partial charge in [-0.2, -0.15) is 0 Å². The molecule has 0 aliphatic rings. The molecule has 0 radical (unpaired) electrons. The third kappa shape index (κ3) is 3.43. The molecule has 0 amide bonds. The van der Waals surface area contributed by atoms with Crippen molar-refractivity contribution in [1.82, 2.24) is 0 Å². The number of rotatable bonds is 5. The predicted molar refractivity (Wildman–Crippen MR) is 66.1 cm³/mol. The first kappa shape index (κ1) is 12.9. The predicted octanol–water partition coefficient (Wildman–Crippen LogP) is 2.85. The first-order valence-corrected chi connectivity index (χ1v) is 5.32. The summed E-state index contributed by atoms with van der Waals surface area (Å²) in [6.45, 7) is 5.72. The molecule has 0 saturated carbocycles. The first-order valence-electron chi connectivity index (χ1n) is 4.94. The van der Waals surface area contributed by atoms with Crippen LogP contribution in [0.3, 0.4) is 0 Å². The van der Waals surface area contributed by atoms with E-state index in [1.807, 2.05) is 19.1 Å². The van der Waals surface area contributed by atoms with E-state index in [1.165, 1.54) is 0 Å². The van der Waals surface area contributed by atoms with E-state index in [1.54, 1.807) is 13.2 Å². The standard InChI is InChI=1S/C12H16ClNO2/c1-8(13)7-16-12-6-10(15-3)4-5-11(12)9(2)14/h4-6,9H,1,7,14H2,2-3H3/t9-/m1/s1. The van der Waals surface area contributed by atoms with Crippen LogP contribution >= 0.6 is 11.6 Å². The van der Waals surface area contributed by atoms with Gasteiger partial charge in [-0.1, -0.05) is 24.2 Å². The van der Waals surface area contributed by atoms with Crippen molar-refractivity contribution in [2.24, 2.45) is 5.73 Å². The maximum atomic E-state index is 5.84. The van der Waals surface area contributed by atoms with Crippen molar-refractivity contribution < 1.29 is 9.47 Å². The molecule has 1 rings (SSSR count). The Kier molecular flexibility index (Phi) is 4.65. The summed E-state index contributed by atoms with van der Waals surface area (Å²) in [5.74, 6) is 1.40. The van der Waals surface area contributed by atoms with Gasteiger partial charge in [0.15, 0.2) is 0 Å². The summed E-state index contributed by atoms with van der Waals surface area (Å²) in [6, 6.07) is 5.42. The van der Waals surface area contributed by atoms with E-state index in [4.69, 9.17) is 26.8 Å². The first-order chi connectivity index (χ1) is 7.54. The second-order valence-corrected chi connectivity index (χ2v) is 4.03. The number of hydrogen-bond donors (Lipinski definition) is 1. The van der Waals surface area contributed by atoms with Gasteiger partial charge in [0.2, 0.25) is 0 Å². The number of ether oxygens (including phenoxy) is 2. The van der Waals surface area contributed by atoms with Crippen LogP contribution in [0, 0.1) is 0 Å². The molecule has 0 fully saturated rings. The van der Waals surface area contributed by atoms with Gasteiger partial charge in [0.25, 0.3) is 0 Å². The second-order valence-electron chi connectivity index (χ2n) is 3.50. The van der Waals surface area contributed by atoms with E-state index in [0.717, 1.165) is 11.3 Å². The molecule has 1 atom stereocenters. The summed E-state index contributed by atoms with van der Waals surface area (Å²) in [5.41, 5.74) is 6.75. The van der Waals surface area contributed by atoms with Gasteiger partial charge >= 0.3 is 0 Å². The SMILES string of the molecule is C=C(Cl)COc1cc(OC)ccc1[C@@H](C)N. The van der Waals surface area contributed by atoms with Crippen molar-refractivity contribution in [3.63, 3.8) is 0 Å². The summed E-state index contributed by atoms with van der Waals surface area (Å²) in [5, 5.41) is 0.443. The van der Waals surface area contributed by atoms with Gasteiger partial charge in [-0.15, -0.1) is 0 Å². The Labute approximate surface area is 101 Å². The highest BCUT2D eigenvalue weighted by Gasteiger charge is 2.09. The van der Waals surface area contributed by atoms with Gasteiger partial charge in [0, 0.05) is 22.7 Å². The van der Waals surface area contributed by atoms with Crippen LogP contribution in [0.25, 0.3) is 0 Å². The summed E-state index contributed by atoms with van der Waals surface area (Å²) >= 11 is 5.65. The lowest BCUT2D eigenvalue weighted by Crippen LogP contribution is -2.08. The van der Waals surface area contributed by atoms with E-state index in [0.29, 0.717) is 10.8 Å². The minimum absolute atomic E-state index is 0.107. The van der Waals surface area contributed by atoms with E-state index < -0.39 is 0 Å². The molecule has 4 heteroatoms. The van der Waals surface area contributed by atoms with Crippen LogP contribution in [-0.2, 0) is 0 Å². The number of nitrogens with two attached hydrogens (primary N) is 1. The highest BCUT2D eigenvalue weighted by molar-refractivity contribution is 6.29. The third-order valence-corrected chi connectivity index (χ3v) is 2.20. The fraction of sp³-hybridized carbons (Fsp3) is 0.333. The Morgan fingerprint density at radius 3 is 2.75 bits per heavy atom. The number of methoxy groups -OCH3 is 1. The van der Waals surface area contributed by atoms with Gasteiger partial charge in [-0.05, 0) is 13.0 Å². The van der Waals surface area contributed by atoms with Gasteiger partial charge in [-0.25, -0.2) is 0 Å². The molecule has 0 spiro atoms. The summed E-state index contributed by atoms with van der Waals surface area (Å²) in [7, 11) is 1.60. The van der Waals surface area contributed by atoms with Crippen molar-refractivity contribution in [3.8, 4) is 11.5 Å². The van der Waals surface area contributed by atoms with Crippen molar-refractivity contribution in [2.45, 2.75) is 13.0 Å². The average molecular weight is 242 g/mol.